The molecule has 0 aliphatic carbocycles. The van der Waals surface area contributed by atoms with Gasteiger partial charge < -0.3 is 10.0 Å². The lowest BCUT2D eigenvalue weighted by Crippen LogP contribution is -2.41. The van der Waals surface area contributed by atoms with Crippen molar-refractivity contribution in [1.29, 1.82) is 0 Å². The van der Waals surface area contributed by atoms with Crippen LogP contribution in [-0.4, -0.2) is 39.2 Å². The maximum Gasteiger partial charge on any atom is 0.323 e. The smallest absolute Gasteiger partial charge is 0.323 e. The van der Waals surface area contributed by atoms with Crippen LogP contribution < -0.4 is 5.32 Å². The summed E-state index contributed by atoms with van der Waals surface area (Å²) in [6.45, 7) is 1.01. The van der Waals surface area contributed by atoms with E-state index in [1.165, 1.54) is 0 Å². The minimum atomic E-state index is -0.226. The molecule has 126 valence electrons. The monoisotopic (exact) mass is 334 g/mol. The molecule has 25 heavy (non-hydrogen) atoms. The van der Waals surface area contributed by atoms with Gasteiger partial charge in [0.15, 0.2) is 5.65 Å². The zero-order valence-electron chi connectivity index (χ0n) is 13.6. The lowest BCUT2D eigenvalue weighted by molar-refractivity contribution is 0.180. The van der Waals surface area contributed by atoms with Crippen molar-refractivity contribution in [2.75, 3.05) is 18.5 Å². The van der Waals surface area contributed by atoms with Gasteiger partial charge in [0, 0.05) is 30.6 Å². The predicted molar refractivity (Wildman–Crippen MR) is 95.2 cm³/mol. The normalized spacial score (nSPS) is 16.5. The largest absolute Gasteiger partial charge is 0.396 e. The number of amides is 2. The lowest BCUT2D eigenvalue weighted by Gasteiger charge is -2.33. The Kier molecular flexibility index (Phi) is 4.03. The van der Waals surface area contributed by atoms with Gasteiger partial charge in [-0.3, -0.25) is 5.32 Å². The molecule has 0 radical (unpaired) electrons. The average molecular weight is 334 g/mol. The van der Waals surface area contributed by atoms with Gasteiger partial charge in [-0.25, -0.2) is 14.8 Å². The molecule has 1 aliphatic heterocycles. The van der Waals surface area contributed by atoms with Crippen LogP contribution in [0.1, 0.15) is 17.0 Å². The average Bonchev–Trinajstić information content (AvgIpc) is 2.67. The Hall–Kier alpha value is -2.99. The number of rotatable bonds is 2. The zero-order chi connectivity index (χ0) is 17.2. The number of fused-ring (bicyclic) bond motifs is 2. The number of nitrogens with one attached hydrogen (secondary N) is 1. The Labute approximate surface area is 145 Å². The first kappa shape index (κ1) is 15.5. The minimum Gasteiger partial charge on any atom is -0.396 e. The van der Waals surface area contributed by atoms with E-state index in [4.69, 9.17) is 0 Å². The summed E-state index contributed by atoms with van der Waals surface area (Å²) in [5, 5.41) is 13.4. The Morgan fingerprint density at radius 1 is 1.20 bits per heavy atom. The van der Waals surface area contributed by atoms with Crippen molar-refractivity contribution in [3.8, 4) is 0 Å². The van der Waals surface area contributed by atoms with Crippen LogP contribution in [0.2, 0.25) is 0 Å². The molecule has 1 aliphatic rings. The number of carbonyl (C=O) groups excluding carboxylic acids is 1. The molecule has 6 nitrogen and oxygen atoms in total. The van der Waals surface area contributed by atoms with Gasteiger partial charge in [0.25, 0.3) is 0 Å². The molecule has 0 saturated heterocycles. The van der Waals surface area contributed by atoms with E-state index in [0.717, 1.165) is 16.5 Å². The molecule has 0 bridgehead atoms. The highest BCUT2D eigenvalue weighted by atomic mass is 16.3. The van der Waals surface area contributed by atoms with E-state index < -0.39 is 0 Å². The number of anilines is 1. The van der Waals surface area contributed by atoms with Crippen molar-refractivity contribution in [2.45, 2.75) is 12.5 Å². The van der Waals surface area contributed by atoms with E-state index in [2.05, 4.69) is 15.3 Å². The molecule has 3 aromatic rings. The molecule has 6 heteroatoms. The van der Waals surface area contributed by atoms with Crippen LogP contribution in [0.4, 0.5) is 10.6 Å². The molecular weight excluding hydrogens is 316 g/mol. The Morgan fingerprint density at radius 2 is 2.08 bits per heavy atom. The molecule has 2 N–H and O–H groups in total. The molecule has 1 atom stereocenters. The van der Waals surface area contributed by atoms with Crippen LogP contribution in [0.25, 0.3) is 11.0 Å². The summed E-state index contributed by atoms with van der Waals surface area (Å²) >= 11 is 0. The van der Waals surface area contributed by atoms with Gasteiger partial charge in [0.1, 0.15) is 5.82 Å². The quantitative estimate of drug-likeness (QED) is 0.755. The Bertz CT molecular complexity index is 928. The summed E-state index contributed by atoms with van der Waals surface area (Å²) in [5.41, 5.74) is 2.77. The first-order valence-electron chi connectivity index (χ1n) is 8.21. The number of aromatic nitrogens is 2. The van der Waals surface area contributed by atoms with Crippen LogP contribution in [-0.2, 0) is 6.54 Å². The molecule has 1 unspecified atom stereocenters. The predicted octanol–water partition coefficient (Wildman–Crippen LogP) is 2.75. The van der Waals surface area contributed by atoms with Crippen molar-refractivity contribution >= 4 is 22.9 Å². The fourth-order valence-electron chi connectivity index (χ4n) is 3.23. The second-order valence-corrected chi connectivity index (χ2v) is 6.14. The van der Waals surface area contributed by atoms with E-state index in [1.807, 2.05) is 42.5 Å². The Balaban J connectivity index is 1.54. The van der Waals surface area contributed by atoms with Crippen molar-refractivity contribution in [1.82, 2.24) is 14.9 Å². The minimum absolute atomic E-state index is 0.0128. The van der Waals surface area contributed by atoms with Crippen LogP contribution >= 0.6 is 0 Å². The third kappa shape index (κ3) is 3.04. The van der Waals surface area contributed by atoms with Crippen LogP contribution in [0, 0.1) is 0 Å². The first-order valence-corrected chi connectivity index (χ1v) is 8.21. The summed E-state index contributed by atoms with van der Waals surface area (Å²) in [4.78, 5) is 22.9. The standard InChI is InChI=1S/C19H18N4O2/c24-12-15-11-23(10-14-4-1-2-6-16(14)15)19(25)22-17-8-7-13-5-3-9-20-18(13)21-17/h1-9,15,24H,10-12H2,(H,20,21,22,25). The Morgan fingerprint density at radius 3 is 2.96 bits per heavy atom. The van der Waals surface area contributed by atoms with Crippen molar-refractivity contribution in [3.63, 3.8) is 0 Å². The van der Waals surface area contributed by atoms with Crippen molar-refractivity contribution < 1.29 is 9.90 Å². The number of hydrogen-bond donors (Lipinski definition) is 2. The zero-order valence-corrected chi connectivity index (χ0v) is 13.6. The van der Waals surface area contributed by atoms with Crippen LogP contribution in [0.15, 0.2) is 54.7 Å². The van der Waals surface area contributed by atoms with Crippen molar-refractivity contribution in [3.05, 3.63) is 65.9 Å². The third-order valence-corrected chi connectivity index (χ3v) is 4.50. The SMILES string of the molecule is O=C(Nc1ccc2cccnc2n1)N1Cc2ccccc2C(CO)C1. The second-order valence-electron chi connectivity index (χ2n) is 6.14. The number of urea groups is 1. The molecule has 2 amide bonds. The number of aliphatic hydroxyl groups excluding tert-OH is 1. The highest BCUT2D eigenvalue weighted by molar-refractivity contribution is 5.90. The van der Waals surface area contributed by atoms with E-state index >= 15 is 0 Å². The maximum atomic E-state index is 12.6. The number of aliphatic hydroxyl groups is 1. The summed E-state index contributed by atoms with van der Waals surface area (Å²) in [5.74, 6) is 0.400. The summed E-state index contributed by atoms with van der Waals surface area (Å²) in [6.07, 6.45) is 1.67. The van der Waals surface area contributed by atoms with E-state index in [0.29, 0.717) is 24.6 Å². The molecule has 3 heterocycles. The number of pyridine rings is 2. The number of nitrogens with zero attached hydrogens (tertiary/aromatic N) is 3. The van der Waals surface area contributed by atoms with Crippen LogP contribution in [0.3, 0.4) is 0 Å². The van der Waals surface area contributed by atoms with Gasteiger partial charge in [-0.2, -0.15) is 0 Å². The van der Waals surface area contributed by atoms with Crippen LogP contribution in [0.5, 0.6) is 0 Å². The van der Waals surface area contributed by atoms with E-state index in [1.54, 1.807) is 17.2 Å². The number of hydrogen-bond acceptors (Lipinski definition) is 4. The third-order valence-electron chi connectivity index (χ3n) is 4.50. The number of benzene rings is 1. The second kappa shape index (κ2) is 6.49. The molecule has 2 aromatic heterocycles. The first-order chi connectivity index (χ1) is 12.2. The van der Waals surface area contributed by atoms with Gasteiger partial charge in [-0.1, -0.05) is 24.3 Å². The molecule has 4 rings (SSSR count). The van der Waals surface area contributed by atoms with Gasteiger partial charge in [0.2, 0.25) is 0 Å². The molecule has 0 fully saturated rings. The van der Waals surface area contributed by atoms with E-state index in [9.17, 15) is 9.90 Å². The van der Waals surface area contributed by atoms with Gasteiger partial charge in [-0.05, 0) is 35.4 Å². The molecule has 0 saturated carbocycles. The van der Waals surface area contributed by atoms with Crippen molar-refractivity contribution in [2.24, 2.45) is 0 Å². The maximum absolute atomic E-state index is 12.6. The molecule has 0 spiro atoms. The van der Waals surface area contributed by atoms with Gasteiger partial charge >= 0.3 is 6.03 Å². The van der Waals surface area contributed by atoms with Gasteiger partial charge in [0.05, 0.1) is 6.61 Å². The lowest BCUT2D eigenvalue weighted by atomic mass is 9.90. The topological polar surface area (TPSA) is 78.4 Å². The highest BCUT2D eigenvalue weighted by Crippen LogP contribution is 2.28. The van der Waals surface area contributed by atoms with Gasteiger partial charge in [-0.15, -0.1) is 0 Å². The fourth-order valence-corrected chi connectivity index (χ4v) is 3.23. The molecule has 1 aromatic carbocycles. The van der Waals surface area contributed by atoms with E-state index in [-0.39, 0.29) is 18.6 Å². The summed E-state index contributed by atoms with van der Waals surface area (Å²) < 4.78 is 0. The summed E-state index contributed by atoms with van der Waals surface area (Å²) in [6, 6.07) is 15.1. The fraction of sp³-hybridized carbons (Fsp3) is 0.211. The highest BCUT2D eigenvalue weighted by Gasteiger charge is 2.27. The molecular formula is C19H18N4O2. The summed E-state index contributed by atoms with van der Waals surface area (Å²) in [7, 11) is 0. The number of carbonyl (C=O) groups is 1.